The van der Waals surface area contributed by atoms with Crippen LogP contribution in [0.25, 0.3) is 0 Å². The Hall–Kier alpha value is 0.962. The highest BCUT2D eigenvalue weighted by molar-refractivity contribution is 7.61. The summed E-state index contributed by atoms with van der Waals surface area (Å²) in [5.74, 6) is 4.54. The van der Waals surface area contributed by atoms with Crippen LogP contribution in [-0.2, 0) is 0 Å². The molecule has 1 atom stereocenters. The standard InChI is InChI=1S/2CH3.Al.H2P/h2*1H3;;1H2/q;;+1;-1. The van der Waals surface area contributed by atoms with E-state index in [4.69, 9.17) is 0 Å². The number of hydrogen-bond donors (Lipinski definition) is 0. The van der Waals surface area contributed by atoms with Crippen molar-refractivity contribution in [2.75, 3.05) is 0 Å². The normalized spacial score (nSPS) is 6.75. The molecule has 0 aromatic rings. The molecule has 0 bridgehead atoms. The average molecular weight is 90.0 g/mol. The van der Waals surface area contributed by atoms with Crippen LogP contribution >= 0.6 is 7.89 Å². The van der Waals surface area contributed by atoms with Crippen LogP contribution < -0.4 is 0 Å². The van der Waals surface area contributed by atoms with Crippen molar-refractivity contribution in [3.05, 3.63) is 0 Å². The fraction of sp³-hybridized carbons (Fsp3) is 1.00. The van der Waals surface area contributed by atoms with Crippen molar-refractivity contribution in [2.24, 2.45) is 0 Å². The van der Waals surface area contributed by atoms with E-state index < -0.39 is 0 Å². The Bertz CT molecular complexity index is 10.8. The van der Waals surface area contributed by atoms with Crippen molar-refractivity contribution < 1.29 is 0 Å². The molecule has 2 heteroatoms. The van der Waals surface area contributed by atoms with Gasteiger partial charge in [-0.15, -0.1) is 11.6 Å². The molecule has 0 spiro atoms. The topological polar surface area (TPSA) is 0 Å². The Labute approximate surface area is 33.8 Å². The summed E-state index contributed by atoms with van der Waals surface area (Å²) in [6.07, 6.45) is 0. The minimum absolute atomic E-state index is 0.222. The van der Waals surface area contributed by atoms with Gasteiger partial charge in [-0.2, -0.15) is 0 Å². The van der Waals surface area contributed by atoms with Gasteiger partial charge in [0.15, 0.2) is 0 Å². The Balaban J connectivity index is 2.32. The molecule has 0 saturated carbocycles. The van der Waals surface area contributed by atoms with Crippen molar-refractivity contribution in [3.8, 4) is 0 Å². The zero-order valence-corrected chi connectivity index (χ0v) is 5.46. The van der Waals surface area contributed by atoms with Crippen LogP contribution in [-0.4, -0.2) is 13.7 Å². The lowest BCUT2D eigenvalue weighted by atomic mass is 11.9. The van der Waals surface area contributed by atoms with Gasteiger partial charge < -0.3 is 0 Å². The first-order chi connectivity index (χ1) is 1.73. The van der Waals surface area contributed by atoms with Crippen molar-refractivity contribution in [1.82, 2.24) is 0 Å². The molecule has 0 amide bonds. The van der Waals surface area contributed by atoms with Crippen LogP contribution in [0.1, 0.15) is 0 Å². The lowest BCUT2D eigenvalue weighted by molar-refractivity contribution is 2.11. The second kappa shape index (κ2) is 2.21. The van der Waals surface area contributed by atoms with Crippen LogP contribution in [0.2, 0.25) is 11.6 Å². The molecular weight excluding hydrogens is 82.0 g/mol. The highest BCUT2D eigenvalue weighted by atomic mass is 31.2. The monoisotopic (exact) mass is 90.0 g/mol. The van der Waals surface area contributed by atoms with Crippen LogP contribution in [0.15, 0.2) is 0 Å². The molecule has 0 radical (unpaired) electrons. The van der Waals surface area contributed by atoms with Crippen molar-refractivity contribution in [3.63, 3.8) is 0 Å². The van der Waals surface area contributed by atoms with Crippen molar-refractivity contribution in [2.45, 2.75) is 11.6 Å². The summed E-state index contributed by atoms with van der Waals surface area (Å²) in [6, 6.07) is 0. The van der Waals surface area contributed by atoms with Gasteiger partial charge in [0.2, 0.25) is 0 Å². The molecule has 0 aromatic heterocycles. The van der Waals surface area contributed by atoms with Gasteiger partial charge in [0, 0.05) is 0 Å². The first-order valence-corrected chi connectivity index (χ1v) is 6.46. The molecule has 0 aliphatic rings. The van der Waals surface area contributed by atoms with E-state index in [9.17, 15) is 0 Å². The smallest absolute Gasteiger partial charge is 0.202 e. The molecule has 0 N–H and O–H groups in total. The first-order valence-electron chi connectivity index (χ1n) is 1.49. The average Bonchev–Trinajstić information content (AvgIpc) is 0.811. The molecule has 1 unspecified atom stereocenters. The Morgan fingerprint density at radius 2 is 1.50 bits per heavy atom. The Morgan fingerprint density at radius 1 is 1.50 bits per heavy atom. The van der Waals surface area contributed by atoms with Crippen LogP contribution in [0.5, 0.6) is 0 Å². The van der Waals surface area contributed by atoms with E-state index in [1.165, 1.54) is 0 Å². The SMILES string of the molecule is [CH3][Al]([CH3])[PH2]. The highest BCUT2D eigenvalue weighted by Gasteiger charge is 1.82. The summed E-state index contributed by atoms with van der Waals surface area (Å²) in [7, 11) is 2.80. The maximum absolute atomic E-state index is 2.80. The van der Waals surface area contributed by atoms with Crippen molar-refractivity contribution in [1.29, 1.82) is 0 Å². The zero-order valence-electron chi connectivity index (χ0n) is 3.15. The molecule has 0 heterocycles. The Kier molecular flexibility index (Phi) is 2.75. The number of rotatable bonds is 0. The second-order valence-electron chi connectivity index (χ2n) is 1.24. The molecule has 0 fully saturated rings. The summed E-state index contributed by atoms with van der Waals surface area (Å²) >= 11 is -0.222. The van der Waals surface area contributed by atoms with Crippen LogP contribution in [0, 0.1) is 0 Å². The highest BCUT2D eigenvalue weighted by Crippen LogP contribution is 1.85. The van der Waals surface area contributed by atoms with E-state index in [1.54, 1.807) is 0 Å². The summed E-state index contributed by atoms with van der Waals surface area (Å²) in [4.78, 5) is 0. The molecule has 0 rings (SSSR count). The molecule has 0 saturated heterocycles. The van der Waals surface area contributed by atoms with E-state index in [-0.39, 0.29) is 13.7 Å². The van der Waals surface area contributed by atoms with E-state index in [0.717, 1.165) is 0 Å². The van der Waals surface area contributed by atoms with Gasteiger partial charge in [0.1, 0.15) is 0 Å². The van der Waals surface area contributed by atoms with Gasteiger partial charge in [-0.1, -0.05) is 0 Å². The van der Waals surface area contributed by atoms with Gasteiger partial charge in [-0.3, -0.25) is 0 Å². The fourth-order valence-corrected chi connectivity index (χ4v) is 0. The third-order valence-corrected chi connectivity index (χ3v) is 0. The predicted octanol–water partition coefficient (Wildman–Crippen LogP) is 1.11. The van der Waals surface area contributed by atoms with Gasteiger partial charge in [-0.05, 0) is 0 Å². The van der Waals surface area contributed by atoms with Crippen LogP contribution in [0.3, 0.4) is 0 Å². The van der Waals surface area contributed by atoms with Gasteiger partial charge in [0.25, 0.3) is 13.7 Å². The fourth-order valence-electron chi connectivity index (χ4n) is 0. The summed E-state index contributed by atoms with van der Waals surface area (Å²) < 4.78 is 0. The van der Waals surface area contributed by atoms with E-state index >= 15 is 0 Å². The summed E-state index contributed by atoms with van der Waals surface area (Å²) in [5.41, 5.74) is 0. The third kappa shape index (κ3) is 12.3. The zero-order chi connectivity index (χ0) is 3.58. The van der Waals surface area contributed by atoms with Gasteiger partial charge >= 0.3 is 0 Å². The molecule has 4 heavy (non-hydrogen) atoms. The predicted molar refractivity (Wildman–Crippen MR) is 27.2 cm³/mol. The Morgan fingerprint density at radius 3 is 1.50 bits per heavy atom. The summed E-state index contributed by atoms with van der Waals surface area (Å²) in [6.45, 7) is 0. The van der Waals surface area contributed by atoms with Gasteiger partial charge in [-0.25, -0.2) is 7.89 Å². The van der Waals surface area contributed by atoms with Crippen molar-refractivity contribution >= 4 is 21.6 Å². The maximum Gasteiger partial charge on any atom is 0.286 e. The summed E-state index contributed by atoms with van der Waals surface area (Å²) in [5, 5.41) is 0. The molecular formula is C2H8AlP. The lowest BCUT2D eigenvalue weighted by Gasteiger charge is -1.67. The van der Waals surface area contributed by atoms with E-state index in [2.05, 4.69) is 19.5 Å². The molecule has 0 aliphatic heterocycles. The first kappa shape index (κ1) is 4.96. The molecule has 0 aromatic carbocycles. The van der Waals surface area contributed by atoms with Crippen LogP contribution in [0.4, 0.5) is 0 Å². The third-order valence-electron chi connectivity index (χ3n) is 0. The molecule has 24 valence electrons. The number of hydrogen-bond acceptors (Lipinski definition) is 0. The molecule has 0 nitrogen and oxygen atoms in total. The maximum atomic E-state index is 2.80. The quantitative estimate of drug-likeness (QED) is 0.309. The second-order valence-corrected chi connectivity index (χ2v) is 7.73. The van der Waals surface area contributed by atoms with E-state index in [1.807, 2.05) is 0 Å². The lowest BCUT2D eigenvalue weighted by Crippen LogP contribution is -1.77. The minimum atomic E-state index is -0.222. The largest absolute Gasteiger partial charge is 0.286 e. The minimum Gasteiger partial charge on any atom is -0.202 e. The molecule has 0 aliphatic carbocycles. The van der Waals surface area contributed by atoms with E-state index in [0.29, 0.717) is 0 Å². The van der Waals surface area contributed by atoms with Gasteiger partial charge in [0.05, 0.1) is 0 Å².